The zero-order chi connectivity index (χ0) is 13.6. The van der Waals surface area contributed by atoms with Crippen molar-refractivity contribution in [3.63, 3.8) is 0 Å². The fourth-order valence-electron chi connectivity index (χ4n) is 2.47. The van der Waals surface area contributed by atoms with E-state index >= 15 is 0 Å². The summed E-state index contributed by atoms with van der Waals surface area (Å²) in [5.74, 6) is -0.170. The monoisotopic (exact) mass is 272 g/mol. The van der Waals surface area contributed by atoms with Gasteiger partial charge in [0.25, 0.3) is 0 Å². The Hall–Kier alpha value is -2.07. The van der Waals surface area contributed by atoms with Crippen LogP contribution in [0.3, 0.4) is 0 Å². The molecule has 0 atom stereocenters. The Morgan fingerprint density at radius 3 is 1.74 bits per heavy atom. The Balaban J connectivity index is 2.71. The van der Waals surface area contributed by atoms with E-state index < -0.39 is 9.84 Å². The number of phenolic OH excluding ortho intramolecular Hbond substituents is 1. The van der Waals surface area contributed by atoms with Gasteiger partial charge in [-0.15, -0.1) is 0 Å². The third kappa shape index (κ3) is 1.76. The predicted molar refractivity (Wildman–Crippen MR) is 76.2 cm³/mol. The smallest absolute Gasteiger partial charge is 0.179 e. The molecule has 0 saturated carbocycles. The molecule has 1 N–H and O–H groups in total. The van der Waals surface area contributed by atoms with Crippen molar-refractivity contribution in [2.45, 2.75) is 4.90 Å². The van der Waals surface area contributed by atoms with Gasteiger partial charge in [0, 0.05) is 17.0 Å². The molecule has 0 bridgehead atoms. The van der Waals surface area contributed by atoms with Gasteiger partial charge < -0.3 is 5.11 Å². The van der Waals surface area contributed by atoms with Crippen LogP contribution in [0.1, 0.15) is 0 Å². The van der Waals surface area contributed by atoms with E-state index in [0.717, 1.165) is 17.0 Å². The summed E-state index contributed by atoms with van der Waals surface area (Å²) < 4.78 is 23.9. The van der Waals surface area contributed by atoms with Gasteiger partial charge in [0.05, 0.1) is 0 Å². The second-order valence-corrected chi connectivity index (χ2v) is 6.49. The number of aromatic hydroxyl groups is 1. The first-order valence-electron chi connectivity index (χ1n) is 5.82. The lowest BCUT2D eigenvalue weighted by atomic mass is 10.0. The van der Waals surface area contributed by atoms with Crippen LogP contribution in [0, 0.1) is 0 Å². The minimum Gasteiger partial charge on any atom is -0.506 e. The minimum absolute atomic E-state index is 0.00167. The van der Waals surface area contributed by atoms with E-state index in [1.807, 2.05) is 24.3 Å². The van der Waals surface area contributed by atoms with Gasteiger partial charge in [0.2, 0.25) is 0 Å². The van der Waals surface area contributed by atoms with E-state index in [4.69, 9.17) is 0 Å². The normalized spacial score (nSPS) is 12.1. The Bertz CT molecular complexity index is 896. The molecule has 19 heavy (non-hydrogen) atoms. The summed E-state index contributed by atoms with van der Waals surface area (Å²) in [4.78, 5) is 0.00167. The Labute approximate surface area is 111 Å². The van der Waals surface area contributed by atoms with Crippen LogP contribution < -0.4 is 0 Å². The van der Waals surface area contributed by atoms with Crippen LogP contribution >= 0.6 is 0 Å². The first kappa shape index (κ1) is 12.0. The Morgan fingerprint density at radius 1 is 0.789 bits per heavy atom. The van der Waals surface area contributed by atoms with Gasteiger partial charge in [0.1, 0.15) is 10.6 Å². The van der Waals surface area contributed by atoms with Crippen molar-refractivity contribution in [3.8, 4) is 5.75 Å². The zero-order valence-corrected chi connectivity index (χ0v) is 11.1. The van der Waals surface area contributed by atoms with Gasteiger partial charge in [0.15, 0.2) is 9.84 Å². The van der Waals surface area contributed by atoms with Crippen molar-refractivity contribution in [2.75, 3.05) is 6.26 Å². The zero-order valence-electron chi connectivity index (χ0n) is 10.3. The third-order valence-electron chi connectivity index (χ3n) is 3.23. The number of phenols is 1. The highest BCUT2D eigenvalue weighted by molar-refractivity contribution is 7.91. The van der Waals surface area contributed by atoms with Crippen molar-refractivity contribution in [1.29, 1.82) is 0 Å². The molecule has 0 aliphatic carbocycles. The lowest BCUT2D eigenvalue weighted by Crippen LogP contribution is -1.99. The fourth-order valence-corrected chi connectivity index (χ4v) is 3.50. The number of hydrogen-bond donors (Lipinski definition) is 1. The Kier molecular flexibility index (Phi) is 2.50. The average Bonchev–Trinajstić information content (AvgIpc) is 2.38. The molecule has 0 aliphatic heterocycles. The standard InChI is InChI=1S/C15H12O3S/c1-19(17,18)15-13-9-5-3-7-11(13)10-6-2-4-8-12(10)14(15)16/h2-9,16H,1H3. The van der Waals surface area contributed by atoms with Gasteiger partial charge in [-0.2, -0.15) is 0 Å². The summed E-state index contributed by atoms with van der Waals surface area (Å²) in [5, 5.41) is 13.1. The summed E-state index contributed by atoms with van der Waals surface area (Å²) in [6, 6.07) is 14.5. The van der Waals surface area contributed by atoms with Crippen molar-refractivity contribution < 1.29 is 13.5 Å². The van der Waals surface area contributed by atoms with Crippen LogP contribution in [0.5, 0.6) is 5.75 Å². The number of fused-ring (bicyclic) bond motifs is 3. The number of sulfone groups is 1. The van der Waals surface area contributed by atoms with Gasteiger partial charge in [-0.25, -0.2) is 8.42 Å². The summed E-state index contributed by atoms with van der Waals surface area (Å²) in [7, 11) is -3.50. The highest BCUT2D eigenvalue weighted by atomic mass is 32.2. The lowest BCUT2D eigenvalue weighted by molar-refractivity contribution is 0.467. The molecular weight excluding hydrogens is 260 g/mol. The van der Waals surface area contributed by atoms with Crippen LogP contribution in [0.4, 0.5) is 0 Å². The van der Waals surface area contributed by atoms with Gasteiger partial charge >= 0.3 is 0 Å². The minimum atomic E-state index is -3.50. The van der Waals surface area contributed by atoms with Crippen molar-refractivity contribution in [3.05, 3.63) is 48.5 Å². The highest BCUT2D eigenvalue weighted by Crippen LogP contribution is 2.39. The molecule has 0 fully saturated rings. The van der Waals surface area contributed by atoms with Gasteiger partial charge in [-0.1, -0.05) is 48.5 Å². The van der Waals surface area contributed by atoms with E-state index in [1.54, 1.807) is 24.3 Å². The molecule has 4 heteroatoms. The first-order chi connectivity index (χ1) is 9.00. The predicted octanol–water partition coefficient (Wildman–Crippen LogP) is 3.10. The summed E-state index contributed by atoms with van der Waals surface area (Å²) in [6.45, 7) is 0. The lowest BCUT2D eigenvalue weighted by Gasteiger charge is -2.11. The molecular formula is C15H12O3S. The average molecular weight is 272 g/mol. The maximum absolute atomic E-state index is 12.0. The molecule has 0 amide bonds. The molecule has 0 spiro atoms. The van der Waals surface area contributed by atoms with E-state index in [2.05, 4.69) is 0 Å². The van der Waals surface area contributed by atoms with Crippen LogP contribution in [-0.2, 0) is 9.84 Å². The summed E-state index contributed by atoms with van der Waals surface area (Å²) in [5.41, 5.74) is 0. The number of rotatable bonds is 1. The molecule has 0 heterocycles. The summed E-state index contributed by atoms with van der Waals surface area (Å²) >= 11 is 0. The second-order valence-electron chi connectivity index (χ2n) is 4.54. The van der Waals surface area contributed by atoms with Gasteiger partial charge in [-0.3, -0.25) is 0 Å². The topological polar surface area (TPSA) is 54.4 Å². The molecule has 0 unspecified atom stereocenters. The number of hydrogen-bond acceptors (Lipinski definition) is 3. The second kappa shape index (κ2) is 3.96. The molecule has 0 saturated heterocycles. The highest BCUT2D eigenvalue weighted by Gasteiger charge is 2.20. The van der Waals surface area contributed by atoms with Crippen LogP contribution in [0.2, 0.25) is 0 Å². The van der Waals surface area contributed by atoms with Crippen molar-refractivity contribution in [1.82, 2.24) is 0 Å². The quantitative estimate of drug-likeness (QED) is 0.692. The molecule has 0 radical (unpaired) electrons. The largest absolute Gasteiger partial charge is 0.506 e. The summed E-state index contributed by atoms with van der Waals surface area (Å²) in [6.07, 6.45) is 1.11. The molecule has 0 aromatic heterocycles. The maximum Gasteiger partial charge on any atom is 0.179 e. The molecule has 96 valence electrons. The number of benzene rings is 3. The fraction of sp³-hybridized carbons (Fsp3) is 0.0667. The van der Waals surface area contributed by atoms with Crippen molar-refractivity contribution in [2.24, 2.45) is 0 Å². The molecule has 3 aromatic rings. The van der Waals surface area contributed by atoms with Crippen LogP contribution in [-0.4, -0.2) is 19.8 Å². The molecule has 3 rings (SSSR count). The Morgan fingerprint density at radius 2 is 1.21 bits per heavy atom. The molecule has 3 nitrogen and oxygen atoms in total. The maximum atomic E-state index is 12.0. The van der Waals surface area contributed by atoms with E-state index in [1.165, 1.54) is 0 Å². The SMILES string of the molecule is CS(=O)(=O)c1c(O)c2ccccc2c2ccccc12. The van der Waals surface area contributed by atoms with Gasteiger partial charge in [-0.05, 0) is 10.8 Å². The van der Waals surface area contributed by atoms with E-state index in [9.17, 15) is 13.5 Å². The molecule has 0 aliphatic rings. The third-order valence-corrected chi connectivity index (χ3v) is 4.38. The van der Waals surface area contributed by atoms with E-state index in [0.29, 0.717) is 10.8 Å². The van der Waals surface area contributed by atoms with Crippen molar-refractivity contribution >= 4 is 31.4 Å². The molecule has 3 aromatic carbocycles. The first-order valence-corrected chi connectivity index (χ1v) is 7.72. The van der Waals surface area contributed by atoms with Crippen LogP contribution in [0.15, 0.2) is 53.4 Å². The van der Waals surface area contributed by atoms with E-state index in [-0.39, 0.29) is 10.6 Å². The van der Waals surface area contributed by atoms with Crippen LogP contribution in [0.25, 0.3) is 21.5 Å².